The Morgan fingerprint density at radius 2 is 2.03 bits per heavy atom. The largest absolute Gasteiger partial charge is 0.488 e. The summed E-state index contributed by atoms with van der Waals surface area (Å²) in [5.74, 6) is 2.75. The molecule has 0 aliphatic carbocycles. The van der Waals surface area contributed by atoms with E-state index in [1.54, 1.807) is 7.05 Å². The van der Waals surface area contributed by atoms with Crippen LogP contribution in [-0.4, -0.2) is 50.4 Å². The molecule has 2 aliphatic heterocycles. The number of pyridine rings is 1. The molecular weight excluding hydrogens is 390 g/mol. The van der Waals surface area contributed by atoms with Crippen molar-refractivity contribution in [2.24, 2.45) is 4.99 Å². The zero-order valence-electron chi connectivity index (χ0n) is 18.6. The fraction of sp³-hybridized carbons (Fsp3) is 0.500. The molecule has 2 fully saturated rings. The molecule has 2 N–H and O–H groups in total. The molecule has 0 bridgehead atoms. The predicted molar refractivity (Wildman–Crippen MR) is 124 cm³/mol. The summed E-state index contributed by atoms with van der Waals surface area (Å²) in [4.78, 5) is 11.3. The number of aryl methyl sites for hydroxylation is 1. The first-order valence-electron chi connectivity index (χ1n) is 11.2. The molecule has 0 saturated carbocycles. The van der Waals surface area contributed by atoms with Crippen molar-refractivity contribution in [2.45, 2.75) is 45.4 Å². The van der Waals surface area contributed by atoms with Gasteiger partial charge < -0.3 is 25.0 Å². The van der Waals surface area contributed by atoms with Gasteiger partial charge in [0.2, 0.25) is 0 Å². The number of ether oxygens (including phenoxy) is 2. The molecule has 1 atom stereocenters. The van der Waals surface area contributed by atoms with E-state index < -0.39 is 0 Å². The average molecular weight is 424 g/mol. The van der Waals surface area contributed by atoms with Gasteiger partial charge in [0.05, 0.1) is 13.2 Å². The number of hydrogen-bond acceptors (Lipinski definition) is 5. The Labute approximate surface area is 184 Å². The van der Waals surface area contributed by atoms with Gasteiger partial charge in [0.15, 0.2) is 5.96 Å². The Kier molecular flexibility index (Phi) is 7.25. The number of nitrogens with one attached hydrogen (secondary N) is 2. The monoisotopic (exact) mass is 423 g/mol. The van der Waals surface area contributed by atoms with Crippen LogP contribution in [0.4, 0.5) is 5.82 Å². The van der Waals surface area contributed by atoms with Crippen LogP contribution in [0.1, 0.15) is 36.0 Å². The Balaban J connectivity index is 1.33. The van der Waals surface area contributed by atoms with Crippen LogP contribution >= 0.6 is 0 Å². The Morgan fingerprint density at radius 1 is 1.19 bits per heavy atom. The second-order valence-corrected chi connectivity index (χ2v) is 8.21. The number of guanidine groups is 1. The molecule has 0 amide bonds. The summed E-state index contributed by atoms with van der Waals surface area (Å²) in [5, 5.41) is 6.82. The maximum absolute atomic E-state index is 6.21. The summed E-state index contributed by atoms with van der Waals surface area (Å²) in [6.07, 6.45) is 5.46. The third-order valence-corrected chi connectivity index (χ3v) is 5.77. The van der Waals surface area contributed by atoms with Crippen LogP contribution in [0, 0.1) is 6.92 Å². The summed E-state index contributed by atoms with van der Waals surface area (Å²) in [6.45, 7) is 7.05. The van der Waals surface area contributed by atoms with Crippen LogP contribution in [0.15, 0.2) is 41.5 Å². The van der Waals surface area contributed by atoms with Gasteiger partial charge in [0, 0.05) is 51.4 Å². The van der Waals surface area contributed by atoms with Gasteiger partial charge in [-0.3, -0.25) is 4.99 Å². The summed E-state index contributed by atoms with van der Waals surface area (Å²) in [7, 11) is 1.79. The summed E-state index contributed by atoms with van der Waals surface area (Å²) < 4.78 is 11.7. The first-order chi connectivity index (χ1) is 15.2. The molecule has 1 aromatic heterocycles. The van der Waals surface area contributed by atoms with Crippen molar-refractivity contribution >= 4 is 11.8 Å². The third-order valence-electron chi connectivity index (χ3n) is 5.77. The molecule has 166 valence electrons. The number of benzene rings is 1. The van der Waals surface area contributed by atoms with Gasteiger partial charge in [-0.2, -0.15) is 0 Å². The van der Waals surface area contributed by atoms with E-state index in [1.807, 2.05) is 6.20 Å². The van der Waals surface area contributed by atoms with Crippen molar-refractivity contribution in [1.82, 2.24) is 15.6 Å². The van der Waals surface area contributed by atoms with Gasteiger partial charge in [-0.25, -0.2) is 4.98 Å². The fourth-order valence-electron chi connectivity index (χ4n) is 3.98. The zero-order valence-corrected chi connectivity index (χ0v) is 18.6. The highest BCUT2D eigenvalue weighted by Crippen LogP contribution is 2.24. The number of hydrogen-bond donors (Lipinski definition) is 2. The highest BCUT2D eigenvalue weighted by Gasteiger charge is 2.19. The highest BCUT2D eigenvalue weighted by atomic mass is 16.5. The molecule has 4 rings (SSSR count). The van der Waals surface area contributed by atoms with Crippen molar-refractivity contribution in [1.29, 1.82) is 0 Å². The molecule has 1 aromatic carbocycles. The lowest BCUT2D eigenvalue weighted by atomic mass is 10.1. The van der Waals surface area contributed by atoms with Gasteiger partial charge in [0.1, 0.15) is 17.7 Å². The topological polar surface area (TPSA) is 71.0 Å². The van der Waals surface area contributed by atoms with Crippen LogP contribution in [0.5, 0.6) is 5.75 Å². The van der Waals surface area contributed by atoms with E-state index >= 15 is 0 Å². The molecule has 0 radical (unpaired) electrons. The maximum atomic E-state index is 6.21. The third kappa shape index (κ3) is 5.88. The van der Waals surface area contributed by atoms with Gasteiger partial charge in [-0.05, 0) is 49.1 Å². The fourth-order valence-corrected chi connectivity index (χ4v) is 3.98. The van der Waals surface area contributed by atoms with Gasteiger partial charge >= 0.3 is 0 Å². The summed E-state index contributed by atoms with van der Waals surface area (Å²) in [6, 6.07) is 10.5. The Morgan fingerprint density at radius 3 is 2.81 bits per heavy atom. The van der Waals surface area contributed by atoms with E-state index in [9.17, 15) is 0 Å². The van der Waals surface area contributed by atoms with Crippen LogP contribution < -0.4 is 20.3 Å². The smallest absolute Gasteiger partial charge is 0.191 e. The molecular formula is C24H33N5O2. The minimum atomic E-state index is 0.134. The number of anilines is 1. The van der Waals surface area contributed by atoms with Crippen LogP contribution in [0.2, 0.25) is 0 Å². The standard InChI is InChI=1S/C24H33N5O2/c1-18-5-6-20(22(13-18)31-21-8-12-30-17-21)16-28-24(25-2)27-15-19-7-9-26-23(14-19)29-10-3-4-11-29/h5-7,9,13-14,21H,3-4,8,10-12,15-17H2,1-2H3,(H2,25,27,28). The SMILES string of the molecule is CN=C(NCc1ccnc(N2CCCC2)c1)NCc1ccc(C)cc1OC1CCOC1. The van der Waals surface area contributed by atoms with Crippen molar-refractivity contribution < 1.29 is 9.47 Å². The Bertz CT molecular complexity index is 889. The van der Waals surface area contributed by atoms with Crippen molar-refractivity contribution in [3.05, 3.63) is 53.2 Å². The second kappa shape index (κ2) is 10.5. The van der Waals surface area contributed by atoms with E-state index in [1.165, 1.54) is 24.0 Å². The lowest BCUT2D eigenvalue weighted by molar-refractivity contribution is 0.140. The predicted octanol–water partition coefficient (Wildman–Crippen LogP) is 3.02. The molecule has 1 unspecified atom stereocenters. The summed E-state index contributed by atoms with van der Waals surface area (Å²) >= 11 is 0. The normalized spacial score (nSPS) is 19.0. The average Bonchev–Trinajstić information content (AvgIpc) is 3.50. The first-order valence-corrected chi connectivity index (χ1v) is 11.2. The number of nitrogens with zero attached hydrogens (tertiary/aromatic N) is 3. The lowest BCUT2D eigenvalue weighted by Crippen LogP contribution is -2.36. The van der Waals surface area contributed by atoms with Gasteiger partial charge in [-0.1, -0.05) is 12.1 Å². The molecule has 2 saturated heterocycles. The van der Waals surface area contributed by atoms with Crippen LogP contribution in [0.25, 0.3) is 0 Å². The van der Waals surface area contributed by atoms with Gasteiger partial charge in [0.25, 0.3) is 0 Å². The van der Waals surface area contributed by atoms with Crippen molar-refractivity contribution in [3.63, 3.8) is 0 Å². The van der Waals surface area contributed by atoms with Crippen molar-refractivity contribution in [2.75, 3.05) is 38.3 Å². The van der Waals surface area contributed by atoms with E-state index in [4.69, 9.17) is 9.47 Å². The minimum absolute atomic E-state index is 0.134. The highest BCUT2D eigenvalue weighted by molar-refractivity contribution is 5.79. The van der Waals surface area contributed by atoms with Crippen LogP contribution in [-0.2, 0) is 17.8 Å². The van der Waals surface area contributed by atoms with E-state index in [0.29, 0.717) is 19.7 Å². The van der Waals surface area contributed by atoms with E-state index in [0.717, 1.165) is 49.2 Å². The Hall–Kier alpha value is -2.80. The molecule has 7 heteroatoms. The van der Waals surface area contributed by atoms with Crippen molar-refractivity contribution in [3.8, 4) is 5.75 Å². The van der Waals surface area contributed by atoms with Crippen LogP contribution in [0.3, 0.4) is 0 Å². The molecule has 2 aromatic rings. The molecule has 0 spiro atoms. The second-order valence-electron chi connectivity index (χ2n) is 8.21. The van der Waals surface area contributed by atoms with Gasteiger partial charge in [-0.15, -0.1) is 0 Å². The molecule has 31 heavy (non-hydrogen) atoms. The zero-order chi connectivity index (χ0) is 21.5. The quantitative estimate of drug-likeness (QED) is 0.527. The molecule has 3 heterocycles. The minimum Gasteiger partial charge on any atom is -0.488 e. The number of aromatic nitrogens is 1. The maximum Gasteiger partial charge on any atom is 0.191 e. The molecule has 7 nitrogen and oxygen atoms in total. The first kappa shape index (κ1) is 21.4. The van der Waals surface area contributed by atoms with E-state index in [2.05, 4.69) is 62.8 Å². The number of aliphatic imine (C=N–C) groups is 1. The molecule has 2 aliphatic rings. The number of rotatable bonds is 7. The summed E-state index contributed by atoms with van der Waals surface area (Å²) in [5.41, 5.74) is 3.49. The van der Waals surface area contributed by atoms with E-state index in [-0.39, 0.29) is 6.10 Å². The lowest BCUT2D eigenvalue weighted by Gasteiger charge is -2.19.